The van der Waals surface area contributed by atoms with E-state index in [2.05, 4.69) is 0 Å². The van der Waals surface area contributed by atoms with Gasteiger partial charge in [0.2, 0.25) is 5.78 Å². The van der Waals surface area contributed by atoms with Gasteiger partial charge >= 0.3 is 0 Å². The lowest BCUT2D eigenvalue weighted by molar-refractivity contribution is -0.117. The molecule has 0 aliphatic carbocycles. The minimum Gasteiger partial charge on any atom is -0.503 e. The summed E-state index contributed by atoms with van der Waals surface area (Å²) in [5.41, 5.74) is 2.00. The quantitative estimate of drug-likeness (QED) is 0.216. The number of nitrogens with zero attached hydrogens (tertiary/aromatic N) is 1. The fourth-order valence-corrected chi connectivity index (χ4v) is 5.53. The Labute approximate surface area is 227 Å². The highest BCUT2D eigenvalue weighted by atomic mass is 35.5. The summed E-state index contributed by atoms with van der Waals surface area (Å²) in [5, 5.41) is 14.0. The molecule has 1 atom stereocenters. The number of carbonyl (C=O) groups excluding carboxylic acids is 2. The van der Waals surface area contributed by atoms with E-state index in [0.717, 1.165) is 10.4 Å². The number of ether oxygens (including phenoxy) is 1. The van der Waals surface area contributed by atoms with Crippen molar-refractivity contribution in [1.82, 2.24) is 0 Å². The number of anilines is 1. The predicted octanol–water partition coefficient (Wildman–Crippen LogP) is 7.51. The standard InChI is InChI=1S/C30H20ClNO5S/c31-20-8-13-23-19(15-20)16-24(37-23)28(33)26-27(25-7-4-14-38-25)32(30(35)29(26)34)21-9-11-22(12-10-21)36-17-18-5-2-1-3-6-18/h1-16,27,34H,17H2. The van der Waals surface area contributed by atoms with Gasteiger partial charge in [0.05, 0.1) is 5.57 Å². The molecule has 0 saturated carbocycles. The highest BCUT2D eigenvalue weighted by molar-refractivity contribution is 7.10. The molecule has 0 radical (unpaired) electrons. The van der Waals surface area contributed by atoms with Crippen molar-refractivity contribution in [3.05, 3.63) is 129 Å². The van der Waals surface area contributed by atoms with E-state index >= 15 is 0 Å². The molecule has 3 aromatic carbocycles. The third-order valence-corrected chi connectivity index (χ3v) is 7.49. The summed E-state index contributed by atoms with van der Waals surface area (Å²) in [4.78, 5) is 29.2. The number of Topliss-reactive ketones (excluding diaryl/α,β-unsaturated/α-hetero) is 1. The number of hydrogen-bond acceptors (Lipinski definition) is 6. The van der Waals surface area contributed by atoms with Crippen LogP contribution >= 0.6 is 22.9 Å². The number of halogens is 1. The molecule has 188 valence electrons. The normalized spacial score (nSPS) is 15.4. The van der Waals surface area contributed by atoms with Gasteiger partial charge in [0.15, 0.2) is 11.5 Å². The molecule has 0 saturated heterocycles. The van der Waals surface area contributed by atoms with E-state index in [9.17, 15) is 14.7 Å². The van der Waals surface area contributed by atoms with Crippen LogP contribution in [0.2, 0.25) is 5.02 Å². The Morgan fingerprint density at radius 2 is 1.79 bits per heavy atom. The molecule has 6 rings (SSSR count). The number of aliphatic hydroxyl groups excluding tert-OH is 1. The van der Waals surface area contributed by atoms with Gasteiger partial charge in [0.1, 0.15) is 24.0 Å². The van der Waals surface area contributed by atoms with E-state index in [0.29, 0.717) is 34.0 Å². The lowest BCUT2D eigenvalue weighted by Gasteiger charge is -2.25. The largest absolute Gasteiger partial charge is 0.503 e. The Balaban J connectivity index is 1.32. The second-order valence-electron chi connectivity index (χ2n) is 8.75. The molecule has 1 N–H and O–H groups in total. The van der Waals surface area contributed by atoms with Crippen LogP contribution in [0.3, 0.4) is 0 Å². The smallest absolute Gasteiger partial charge is 0.294 e. The van der Waals surface area contributed by atoms with E-state index in [4.69, 9.17) is 20.8 Å². The number of aliphatic hydroxyl groups is 1. The third kappa shape index (κ3) is 4.36. The number of thiophene rings is 1. The summed E-state index contributed by atoms with van der Waals surface area (Å²) in [6.07, 6.45) is 0. The van der Waals surface area contributed by atoms with Crippen molar-refractivity contribution < 1.29 is 23.8 Å². The van der Waals surface area contributed by atoms with Gasteiger partial charge in [-0.05, 0) is 65.5 Å². The molecule has 3 heterocycles. The van der Waals surface area contributed by atoms with Crippen LogP contribution in [0.4, 0.5) is 5.69 Å². The Morgan fingerprint density at radius 3 is 2.53 bits per heavy atom. The summed E-state index contributed by atoms with van der Waals surface area (Å²) in [6.45, 7) is 0.407. The van der Waals surface area contributed by atoms with E-state index in [1.165, 1.54) is 16.2 Å². The summed E-state index contributed by atoms with van der Waals surface area (Å²) in [5.74, 6) is -1.18. The minimum absolute atomic E-state index is 0.0182. The van der Waals surface area contributed by atoms with Crippen molar-refractivity contribution >= 4 is 51.3 Å². The van der Waals surface area contributed by atoms with Gasteiger partial charge < -0.3 is 14.3 Å². The van der Waals surface area contributed by atoms with Gasteiger partial charge in [-0.2, -0.15) is 0 Å². The van der Waals surface area contributed by atoms with Crippen LogP contribution in [0, 0.1) is 0 Å². The lowest BCUT2D eigenvalue weighted by Crippen LogP contribution is -2.30. The van der Waals surface area contributed by atoms with Crippen molar-refractivity contribution in [2.75, 3.05) is 4.90 Å². The van der Waals surface area contributed by atoms with E-state index < -0.39 is 23.5 Å². The average molecular weight is 542 g/mol. The van der Waals surface area contributed by atoms with Gasteiger partial charge in [0.25, 0.3) is 5.91 Å². The Hall–Kier alpha value is -4.33. The molecule has 0 spiro atoms. The minimum atomic E-state index is -0.817. The Kier molecular flexibility index (Phi) is 6.23. The van der Waals surface area contributed by atoms with E-state index in [1.807, 2.05) is 47.8 Å². The molecule has 1 aliphatic rings. The number of amides is 1. The van der Waals surface area contributed by atoms with Crippen LogP contribution in [0.15, 0.2) is 112 Å². The molecule has 1 amide bonds. The first-order chi connectivity index (χ1) is 18.5. The van der Waals surface area contributed by atoms with Gasteiger partial charge in [-0.15, -0.1) is 11.3 Å². The van der Waals surface area contributed by atoms with E-state index in [-0.39, 0.29) is 11.3 Å². The maximum atomic E-state index is 13.7. The second-order valence-corrected chi connectivity index (χ2v) is 10.2. The summed E-state index contributed by atoms with van der Waals surface area (Å²) >= 11 is 7.47. The molecule has 0 fully saturated rings. The zero-order chi connectivity index (χ0) is 26.2. The highest BCUT2D eigenvalue weighted by Crippen LogP contribution is 2.44. The summed E-state index contributed by atoms with van der Waals surface area (Å²) in [7, 11) is 0. The Bertz CT molecular complexity index is 1670. The molecule has 1 unspecified atom stereocenters. The number of carbonyl (C=O) groups is 2. The van der Waals surface area contributed by atoms with Gasteiger partial charge in [-0.3, -0.25) is 14.5 Å². The highest BCUT2D eigenvalue weighted by Gasteiger charge is 2.45. The number of hydrogen-bond donors (Lipinski definition) is 1. The van der Waals surface area contributed by atoms with Gasteiger partial charge in [-0.1, -0.05) is 48.0 Å². The number of benzene rings is 3. The molecule has 0 bridgehead atoms. The molecular formula is C30H20ClNO5S. The van der Waals surface area contributed by atoms with Crippen molar-refractivity contribution in [1.29, 1.82) is 0 Å². The zero-order valence-corrected chi connectivity index (χ0v) is 21.4. The molecule has 5 aromatic rings. The topological polar surface area (TPSA) is 80.0 Å². The van der Waals surface area contributed by atoms with Crippen molar-refractivity contribution in [3.63, 3.8) is 0 Å². The molecule has 8 heteroatoms. The van der Waals surface area contributed by atoms with Crippen LogP contribution in [0.1, 0.15) is 27.0 Å². The molecule has 1 aliphatic heterocycles. The molecule has 6 nitrogen and oxygen atoms in total. The maximum absolute atomic E-state index is 13.7. The first kappa shape index (κ1) is 24.0. The Morgan fingerprint density at radius 1 is 1.00 bits per heavy atom. The second kappa shape index (κ2) is 9.85. The predicted molar refractivity (Wildman–Crippen MR) is 147 cm³/mol. The lowest BCUT2D eigenvalue weighted by atomic mass is 10.00. The molecular weight excluding hydrogens is 522 g/mol. The first-order valence-electron chi connectivity index (χ1n) is 11.8. The number of rotatable bonds is 7. The van der Waals surface area contributed by atoms with Crippen LogP contribution < -0.4 is 9.64 Å². The molecule has 38 heavy (non-hydrogen) atoms. The van der Waals surface area contributed by atoms with Crippen LogP contribution in [0.25, 0.3) is 11.0 Å². The van der Waals surface area contributed by atoms with Crippen molar-refractivity contribution in [3.8, 4) is 5.75 Å². The monoisotopic (exact) mass is 541 g/mol. The summed E-state index contributed by atoms with van der Waals surface area (Å²) in [6, 6.07) is 26.3. The fraction of sp³-hybridized carbons (Fsp3) is 0.0667. The average Bonchev–Trinajstić information content (AvgIpc) is 3.67. The van der Waals surface area contributed by atoms with Crippen LogP contribution in [-0.2, 0) is 11.4 Å². The van der Waals surface area contributed by atoms with Crippen LogP contribution in [0.5, 0.6) is 5.75 Å². The van der Waals surface area contributed by atoms with Crippen molar-refractivity contribution in [2.45, 2.75) is 12.6 Å². The number of furan rings is 1. The molecule has 2 aromatic heterocycles. The van der Waals surface area contributed by atoms with Gasteiger partial charge in [-0.25, -0.2) is 0 Å². The fourth-order valence-electron chi connectivity index (χ4n) is 4.52. The number of fused-ring (bicyclic) bond motifs is 1. The van der Waals surface area contributed by atoms with Gasteiger partial charge in [0, 0.05) is 21.0 Å². The summed E-state index contributed by atoms with van der Waals surface area (Å²) < 4.78 is 11.6. The van der Waals surface area contributed by atoms with Crippen LogP contribution in [-0.4, -0.2) is 16.8 Å². The van der Waals surface area contributed by atoms with E-state index in [1.54, 1.807) is 48.5 Å². The van der Waals surface area contributed by atoms with Crippen molar-refractivity contribution in [2.24, 2.45) is 0 Å². The SMILES string of the molecule is O=C(C1=C(O)C(=O)N(c2ccc(OCc3ccccc3)cc2)C1c1cccs1)c1cc2cc(Cl)ccc2o1. The first-order valence-corrected chi connectivity index (χ1v) is 13.1. The third-order valence-electron chi connectivity index (χ3n) is 6.33. The maximum Gasteiger partial charge on any atom is 0.294 e. The zero-order valence-electron chi connectivity index (χ0n) is 19.8. The number of ketones is 1.